The lowest BCUT2D eigenvalue weighted by Crippen LogP contribution is -2.45. The van der Waals surface area contributed by atoms with Gasteiger partial charge in [0.15, 0.2) is 0 Å². The summed E-state index contributed by atoms with van der Waals surface area (Å²) in [6, 6.07) is -0.189. The summed E-state index contributed by atoms with van der Waals surface area (Å²) in [5.74, 6) is 1.84. The summed E-state index contributed by atoms with van der Waals surface area (Å²) in [7, 11) is 0. The highest BCUT2D eigenvalue weighted by atomic mass is 16.2. The molecule has 5 rings (SSSR count). The van der Waals surface area contributed by atoms with Gasteiger partial charge in [-0.25, -0.2) is 9.78 Å². The largest absolute Gasteiger partial charge is 0.332 e. The van der Waals surface area contributed by atoms with Crippen molar-refractivity contribution in [2.24, 2.45) is 0 Å². The molecular formula is C21H31N5O2. The molecule has 152 valence electrons. The van der Waals surface area contributed by atoms with Crippen molar-refractivity contribution in [1.82, 2.24) is 24.7 Å². The number of amides is 3. The average molecular weight is 386 g/mol. The van der Waals surface area contributed by atoms with E-state index in [-0.39, 0.29) is 11.9 Å². The van der Waals surface area contributed by atoms with E-state index in [4.69, 9.17) is 4.98 Å². The molecule has 7 nitrogen and oxygen atoms in total. The van der Waals surface area contributed by atoms with Crippen LogP contribution in [0.1, 0.15) is 68.8 Å². The Morgan fingerprint density at radius 2 is 1.82 bits per heavy atom. The van der Waals surface area contributed by atoms with Crippen LogP contribution in [0.4, 0.5) is 4.79 Å². The predicted molar refractivity (Wildman–Crippen MR) is 105 cm³/mol. The third kappa shape index (κ3) is 3.04. The van der Waals surface area contributed by atoms with Crippen molar-refractivity contribution < 1.29 is 9.59 Å². The normalized spacial score (nSPS) is 25.5. The van der Waals surface area contributed by atoms with Gasteiger partial charge in [-0.1, -0.05) is 12.8 Å². The molecule has 1 aromatic heterocycles. The number of aryl methyl sites for hydroxylation is 1. The van der Waals surface area contributed by atoms with Crippen LogP contribution >= 0.6 is 0 Å². The van der Waals surface area contributed by atoms with E-state index in [9.17, 15) is 9.59 Å². The van der Waals surface area contributed by atoms with Gasteiger partial charge in [-0.2, -0.15) is 0 Å². The van der Waals surface area contributed by atoms with Crippen molar-refractivity contribution in [1.29, 1.82) is 0 Å². The van der Waals surface area contributed by atoms with Crippen LogP contribution in [0.2, 0.25) is 0 Å². The van der Waals surface area contributed by atoms with E-state index >= 15 is 0 Å². The van der Waals surface area contributed by atoms with E-state index in [0.717, 1.165) is 64.7 Å². The van der Waals surface area contributed by atoms with Crippen LogP contribution in [0.15, 0.2) is 6.20 Å². The van der Waals surface area contributed by atoms with Crippen molar-refractivity contribution in [2.75, 3.05) is 26.2 Å². The van der Waals surface area contributed by atoms with Gasteiger partial charge in [0.1, 0.15) is 11.4 Å². The van der Waals surface area contributed by atoms with Crippen LogP contribution in [-0.2, 0) is 17.8 Å². The fraction of sp³-hybridized carbons (Fsp3) is 0.762. The van der Waals surface area contributed by atoms with Gasteiger partial charge in [0.2, 0.25) is 0 Å². The molecular weight excluding hydrogens is 354 g/mol. The van der Waals surface area contributed by atoms with Gasteiger partial charge in [0.05, 0.1) is 0 Å². The second kappa shape index (κ2) is 7.17. The minimum atomic E-state index is -0.580. The van der Waals surface area contributed by atoms with Crippen LogP contribution < -0.4 is 5.32 Å². The Kier molecular flexibility index (Phi) is 4.65. The molecule has 1 aliphatic carbocycles. The average Bonchev–Trinajstić information content (AvgIpc) is 3.41. The maximum atomic E-state index is 12.8. The lowest BCUT2D eigenvalue weighted by molar-refractivity contribution is -0.131. The highest BCUT2D eigenvalue weighted by Crippen LogP contribution is 2.35. The molecule has 0 bridgehead atoms. The first-order valence-electron chi connectivity index (χ1n) is 11.1. The number of piperidine rings is 1. The van der Waals surface area contributed by atoms with Gasteiger partial charge in [-0.15, -0.1) is 0 Å². The van der Waals surface area contributed by atoms with Crippen molar-refractivity contribution in [2.45, 2.75) is 75.8 Å². The zero-order valence-corrected chi connectivity index (χ0v) is 16.7. The van der Waals surface area contributed by atoms with Crippen molar-refractivity contribution in [3.05, 3.63) is 17.7 Å². The number of imidazole rings is 1. The van der Waals surface area contributed by atoms with E-state index in [2.05, 4.69) is 21.0 Å². The summed E-state index contributed by atoms with van der Waals surface area (Å²) in [4.78, 5) is 33.7. The number of aromatic nitrogens is 2. The summed E-state index contributed by atoms with van der Waals surface area (Å²) in [6.45, 7) is 4.44. The molecule has 1 N–H and O–H groups in total. The Balaban J connectivity index is 1.15. The van der Waals surface area contributed by atoms with Crippen LogP contribution in [-0.4, -0.2) is 63.0 Å². The summed E-state index contributed by atoms with van der Waals surface area (Å²) in [5, 5.41) is 2.98. The van der Waals surface area contributed by atoms with Gasteiger partial charge in [-0.05, 0) is 58.0 Å². The number of rotatable bonds is 4. The Labute approximate surface area is 166 Å². The van der Waals surface area contributed by atoms with E-state index in [1.165, 1.54) is 35.7 Å². The third-order valence-electron chi connectivity index (χ3n) is 7.33. The SMILES string of the molecule is O=C1NC2(CCCC2)C(=O)N1CCN1CCC(c2ncc3n2CCCC3)CC1. The number of fused-ring (bicyclic) bond motifs is 1. The van der Waals surface area contributed by atoms with E-state index in [0.29, 0.717) is 12.5 Å². The topological polar surface area (TPSA) is 70.5 Å². The summed E-state index contributed by atoms with van der Waals surface area (Å²) >= 11 is 0. The number of urea groups is 1. The van der Waals surface area contributed by atoms with E-state index in [1.54, 1.807) is 0 Å². The predicted octanol–water partition coefficient (Wildman–Crippen LogP) is 2.26. The first kappa shape index (κ1) is 18.2. The molecule has 4 aliphatic rings. The zero-order chi connectivity index (χ0) is 19.1. The molecule has 3 aliphatic heterocycles. The standard InChI is InChI=1S/C21H31N5O2/c27-19-21(8-2-3-9-21)23-20(28)26(19)14-13-24-11-6-16(7-12-24)18-22-15-17-5-1-4-10-25(17)18/h15-16H,1-14H2,(H,23,28). The Morgan fingerprint density at radius 1 is 1.04 bits per heavy atom. The number of carbonyl (C=O) groups is 2. The molecule has 28 heavy (non-hydrogen) atoms. The number of nitrogens with one attached hydrogen (secondary N) is 1. The quantitative estimate of drug-likeness (QED) is 0.807. The molecule has 2 saturated heterocycles. The molecule has 1 aromatic rings. The minimum absolute atomic E-state index is 0.00824. The van der Waals surface area contributed by atoms with Crippen LogP contribution in [0, 0.1) is 0 Å². The lowest BCUT2D eigenvalue weighted by atomic mass is 9.95. The van der Waals surface area contributed by atoms with Crippen molar-refractivity contribution in [3.63, 3.8) is 0 Å². The molecule has 0 unspecified atom stereocenters. The highest BCUT2D eigenvalue weighted by molar-refractivity contribution is 6.07. The Hall–Kier alpha value is -1.89. The third-order valence-corrected chi connectivity index (χ3v) is 7.33. The molecule has 3 amide bonds. The monoisotopic (exact) mass is 385 g/mol. The van der Waals surface area contributed by atoms with Gasteiger partial charge in [0, 0.05) is 37.4 Å². The maximum absolute atomic E-state index is 12.8. The fourth-order valence-corrected chi connectivity index (χ4v) is 5.64. The maximum Gasteiger partial charge on any atom is 0.325 e. The second-order valence-corrected chi connectivity index (χ2v) is 9.01. The number of imide groups is 1. The summed E-state index contributed by atoms with van der Waals surface area (Å²) in [6.07, 6.45) is 11.7. The summed E-state index contributed by atoms with van der Waals surface area (Å²) in [5.41, 5.74) is 0.826. The highest BCUT2D eigenvalue weighted by Gasteiger charge is 2.52. The zero-order valence-electron chi connectivity index (χ0n) is 16.7. The molecule has 3 fully saturated rings. The molecule has 7 heteroatoms. The molecule has 1 spiro atoms. The summed E-state index contributed by atoms with van der Waals surface area (Å²) < 4.78 is 2.46. The number of hydrogen-bond donors (Lipinski definition) is 1. The number of likely N-dealkylation sites (tertiary alicyclic amines) is 1. The number of carbonyl (C=O) groups excluding carboxylic acids is 2. The molecule has 1 saturated carbocycles. The van der Waals surface area contributed by atoms with Crippen LogP contribution in [0.3, 0.4) is 0 Å². The van der Waals surface area contributed by atoms with Crippen molar-refractivity contribution in [3.8, 4) is 0 Å². The smallest absolute Gasteiger partial charge is 0.325 e. The second-order valence-electron chi connectivity index (χ2n) is 9.01. The molecule has 0 aromatic carbocycles. The Bertz CT molecular complexity index is 759. The van der Waals surface area contributed by atoms with Crippen molar-refractivity contribution >= 4 is 11.9 Å². The first-order chi connectivity index (χ1) is 13.7. The lowest BCUT2D eigenvalue weighted by Gasteiger charge is -2.33. The first-order valence-corrected chi connectivity index (χ1v) is 11.1. The molecule has 0 atom stereocenters. The van der Waals surface area contributed by atoms with Gasteiger partial charge >= 0.3 is 6.03 Å². The van der Waals surface area contributed by atoms with Gasteiger partial charge in [0.25, 0.3) is 5.91 Å². The minimum Gasteiger partial charge on any atom is -0.332 e. The van der Waals surface area contributed by atoms with E-state index in [1.807, 2.05) is 0 Å². The number of nitrogens with zero attached hydrogens (tertiary/aromatic N) is 4. The fourth-order valence-electron chi connectivity index (χ4n) is 5.64. The van der Waals surface area contributed by atoms with Crippen LogP contribution in [0.5, 0.6) is 0 Å². The molecule has 0 radical (unpaired) electrons. The van der Waals surface area contributed by atoms with E-state index < -0.39 is 5.54 Å². The van der Waals surface area contributed by atoms with Gasteiger partial charge in [-0.3, -0.25) is 9.69 Å². The van der Waals surface area contributed by atoms with Crippen LogP contribution in [0.25, 0.3) is 0 Å². The molecule has 4 heterocycles. The van der Waals surface area contributed by atoms with Gasteiger partial charge < -0.3 is 14.8 Å². The number of hydrogen-bond acceptors (Lipinski definition) is 4. The Morgan fingerprint density at radius 3 is 2.61 bits per heavy atom.